The number of carbonyl (C=O) groups is 2. The molecule has 0 saturated carbocycles. The van der Waals surface area contributed by atoms with Gasteiger partial charge in [0.25, 0.3) is 0 Å². The summed E-state index contributed by atoms with van der Waals surface area (Å²) in [7, 11) is 0. The van der Waals surface area contributed by atoms with Crippen molar-refractivity contribution in [2.75, 3.05) is 0 Å². The molecular weight excluding hydrogens is 222 g/mol. The van der Waals surface area contributed by atoms with Crippen LogP contribution < -0.4 is 5.73 Å². The monoisotopic (exact) mass is 235 g/mol. The molecular formula is C12H13NO4. The summed E-state index contributed by atoms with van der Waals surface area (Å²) in [6, 6.07) is 5.53. The average molecular weight is 235 g/mol. The molecule has 90 valence electrons. The number of hydrogen-bond acceptors (Lipinski definition) is 4. The first-order valence-corrected chi connectivity index (χ1v) is 4.97. The molecule has 1 atom stereocenters. The lowest BCUT2D eigenvalue weighted by atomic mass is 10.0. The number of benzene rings is 1. The van der Waals surface area contributed by atoms with Gasteiger partial charge < -0.3 is 15.9 Å². The maximum atomic E-state index is 11.4. The lowest BCUT2D eigenvalue weighted by molar-refractivity contribution is -0.131. The Balaban J connectivity index is 2.59. The van der Waals surface area contributed by atoms with Crippen LogP contribution in [0, 0.1) is 0 Å². The van der Waals surface area contributed by atoms with E-state index in [2.05, 4.69) is 0 Å². The fourth-order valence-corrected chi connectivity index (χ4v) is 1.26. The van der Waals surface area contributed by atoms with Crippen LogP contribution in [-0.2, 0) is 16.0 Å². The standard InChI is InChI=1S/C12H13NO4/c13-10(11(15)5-6-12(16)17)7-8-1-3-9(14)4-2-8/h1-6,10,14H,7,13H2,(H,16,17)/t10-/m0/s1. The first kappa shape index (κ1) is 12.9. The van der Waals surface area contributed by atoms with Crippen molar-refractivity contribution >= 4 is 11.8 Å². The van der Waals surface area contributed by atoms with Crippen LogP contribution in [0.1, 0.15) is 5.56 Å². The molecule has 5 nitrogen and oxygen atoms in total. The van der Waals surface area contributed by atoms with E-state index >= 15 is 0 Å². The number of carbonyl (C=O) groups excluding carboxylic acids is 1. The van der Waals surface area contributed by atoms with E-state index in [1.54, 1.807) is 12.1 Å². The smallest absolute Gasteiger partial charge is 0.328 e. The zero-order chi connectivity index (χ0) is 12.8. The van der Waals surface area contributed by atoms with Gasteiger partial charge in [-0.05, 0) is 30.2 Å². The molecule has 0 saturated heterocycles. The number of phenols is 1. The van der Waals surface area contributed by atoms with Gasteiger partial charge in [-0.2, -0.15) is 0 Å². The van der Waals surface area contributed by atoms with Crippen LogP contribution >= 0.6 is 0 Å². The van der Waals surface area contributed by atoms with Gasteiger partial charge in [-0.1, -0.05) is 12.1 Å². The first-order valence-electron chi connectivity index (χ1n) is 4.97. The van der Waals surface area contributed by atoms with E-state index in [0.29, 0.717) is 6.42 Å². The molecule has 0 aromatic heterocycles. The van der Waals surface area contributed by atoms with Gasteiger partial charge in [-0.3, -0.25) is 4.79 Å². The SMILES string of the molecule is N[C@@H](Cc1ccc(O)cc1)C(=O)C=CC(=O)O. The maximum Gasteiger partial charge on any atom is 0.328 e. The minimum atomic E-state index is -1.19. The Kier molecular flexibility index (Phi) is 4.42. The first-order chi connectivity index (χ1) is 7.99. The predicted octanol–water partition coefficient (Wildman–Crippen LogP) is 0.472. The average Bonchev–Trinajstić information content (AvgIpc) is 2.28. The fraction of sp³-hybridized carbons (Fsp3) is 0.167. The molecule has 0 aliphatic heterocycles. The lowest BCUT2D eigenvalue weighted by Crippen LogP contribution is -2.31. The van der Waals surface area contributed by atoms with Crippen molar-refractivity contribution in [2.24, 2.45) is 5.73 Å². The van der Waals surface area contributed by atoms with Gasteiger partial charge in [0.1, 0.15) is 5.75 Å². The van der Waals surface area contributed by atoms with Crippen LogP contribution in [0.15, 0.2) is 36.4 Å². The van der Waals surface area contributed by atoms with Crippen LogP contribution in [-0.4, -0.2) is 28.0 Å². The van der Waals surface area contributed by atoms with Crippen LogP contribution in [0.2, 0.25) is 0 Å². The number of aromatic hydroxyl groups is 1. The number of hydrogen-bond donors (Lipinski definition) is 3. The Morgan fingerprint density at radius 1 is 1.24 bits per heavy atom. The molecule has 0 unspecified atom stereocenters. The topological polar surface area (TPSA) is 101 Å². The number of carboxylic acid groups (broad SMARTS) is 1. The molecule has 5 heteroatoms. The molecule has 1 aromatic carbocycles. The second-order valence-electron chi connectivity index (χ2n) is 3.55. The number of phenolic OH excluding ortho intramolecular Hbond substituents is 1. The number of nitrogens with two attached hydrogens (primary N) is 1. The van der Waals surface area contributed by atoms with E-state index in [-0.39, 0.29) is 5.75 Å². The number of aliphatic carboxylic acids is 1. The summed E-state index contributed by atoms with van der Waals surface area (Å²) < 4.78 is 0. The number of ketones is 1. The molecule has 1 rings (SSSR count). The molecule has 1 aromatic rings. The second kappa shape index (κ2) is 5.81. The molecule has 4 N–H and O–H groups in total. The number of carboxylic acids is 1. The molecule has 0 aliphatic carbocycles. The summed E-state index contributed by atoms with van der Waals surface area (Å²) in [5, 5.41) is 17.4. The summed E-state index contributed by atoms with van der Waals surface area (Å²) in [6.07, 6.45) is 2.01. The quantitative estimate of drug-likeness (QED) is 0.644. The van der Waals surface area contributed by atoms with Crippen molar-refractivity contribution in [3.05, 3.63) is 42.0 Å². The van der Waals surface area contributed by atoms with Gasteiger partial charge in [0.05, 0.1) is 6.04 Å². The third-order valence-corrected chi connectivity index (χ3v) is 2.15. The Bertz CT molecular complexity index is 436. The summed E-state index contributed by atoms with van der Waals surface area (Å²) in [6.45, 7) is 0. The van der Waals surface area contributed by atoms with Gasteiger partial charge >= 0.3 is 5.97 Å². The fourth-order valence-electron chi connectivity index (χ4n) is 1.26. The van der Waals surface area contributed by atoms with Crippen LogP contribution in [0.3, 0.4) is 0 Å². The van der Waals surface area contributed by atoms with E-state index in [9.17, 15) is 9.59 Å². The Hall–Kier alpha value is -2.14. The van der Waals surface area contributed by atoms with E-state index in [0.717, 1.165) is 17.7 Å². The van der Waals surface area contributed by atoms with Gasteiger partial charge in [0, 0.05) is 6.08 Å². The van der Waals surface area contributed by atoms with Gasteiger partial charge in [-0.15, -0.1) is 0 Å². The van der Waals surface area contributed by atoms with Crippen molar-refractivity contribution in [3.8, 4) is 5.75 Å². The Morgan fingerprint density at radius 3 is 2.35 bits per heavy atom. The normalized spacial score (nSPS) is 12.5. The van der Waals surface area contributed by atoms with E-state index in [1.807, 2.05) is 0 Å². The van der Waals surface area contributed by atoms with Crippen molar-refractivity contribution in [3.63, 3.8) is 0 Å². The molecule has 17 heavy (non-hydrogen) atoms. The molecule has 0 radical (unpaired) electrons. The van der Waals surface area contributed by atoms with E-state index < -0.39 is 17.8 Å². The van der Waals surface area contributed by atoms with Crippen molar-refractivity contribution < 1.29 is 19.8 Å². The zero-order valence-electron chi connectivity index (χ0n) is 9.04. The highest BCUT2D eigenvalue weighted by molar-refractivity contribution is 5.98. The molecule has 0 bridgehead atoms. The van der Waals surface area contributed by atoms with E-state index in [1.165, 1.54) is 12.1 Å². The van der Waals surface area contributed by atoms with Crippen molar-refractivity contribution in [1.29, 1.82) is 0 Å². The highest BCUT2D eigenvalue weighted by Gasteiger charge is 2.11. The van der Waals surface area contributed by atoms with Crippen molar-refractivity contribution in [1.82, 2.24) is 0 Å². The molecule has 0 fully saturated rings. The van der Waals surface area contributed by atoms with Crippen LogP contribution in [0.25, 0.3) is 0 Å². The maximum absolute atomic E-state index is 11.4. The Morgan fingerprint density at radius 2 is 1.82 bits per heavy atom. The minimum Gasteiger partial charge on any atom is -0.508 e. The predicted molar refractivity (Wildman–Crippen MR) is 61.6 cm³/mol. The second-order valence-corrected chi connectivity index (χ2v) is 3.55. The molecule has 0 heterocycles. The summed E-state index contributed by atoms with van der Waals surface area (Å²) in [5.74, 6) is -1.49. The third kappa shape index (κ3) is 4.48. The summed E-state index contributed by atoms with van der Waals surface area (Å²) in [5.41, 5.74) is 6.42. The van der Waals surface area contributed by atoms with Crippen LogP contribution in [0.5, 0.6) is 5.75 Å². The zero-order valence-corrected chi connectivity index (χ0v) is 9.04. The van der Waals surface area contributed by atoms with Gasteiger partial charge in [0.2, 0.25) is 0 Å². The summed E-state index contributed by atoms with van der Waals surface area (Å²) >= 11 is 0. The number of rotatable bonds is 5. The summed E-state index contributed by atoms with van der Waals surface area (Å²) in [4.78, 5) is 21.6. The largest absolute Gasteiger partial charge is 0.508 e. The van der Waals surface area contributed by atoms with Crippen molar-refractivity contribution in [2.45, 2.75) is 12.5 Å². The van der Waals surface area contributed by atoms with Crippen LogP contribution in [0.4, 0.5) is 0 Å². The lowest BCUT2D eigenvalue weighted by Gasteiger charge is -2.07. The van der Waals surface area contributed by atoms with Gasteiger partial charge in [-0.25, -0.2) is 4.79 Å². The third-order valence-electron chi connectivity index (χ3n) is 2.15. The molecule has 0 spiro atoms. The Labute approximate surface area is 98.2 Å². The molecule has 0 aliphatic rings. The highest BCUT2D eigenvalue weighted by Crippen LogP contribution is 2.11. The van der Waals surface area contributed by atoms with E-state index in [4.69, 9.17) is 15.9 Å². The molecule has 0 amide bonds. The highest BCUT2D eigenvalue weighted by atomic mass is 16.4. The van der Waals surface area contributed by atoms with Gasteiger partial charge in [0.15, 0.2) is 5.78 Å². The minimum absolute atomic E-state index is 0.138.